The zero-order chi connectivity index (χ0) is 23.7. The van der Waals surface area contributed by atoms with Gasteiger partial charge in [-0.15, -0.1) is 0 Å². The van der Waals surface area contributed by atoms with Gasteiger partial charge in [0.15, 0.2) is 6.61 Å². The number of halogens is 1. The van der Waals surface area contributed by atoms with Crippen LogP contribution in [0.2, 0.25) is 0 Å². The molecular formula is C26H35BrN2O3. The lowest BCUT2D eigenvalue weighted by atomic mass is 10.1. The van der Waals surface area contributed by atoms with Gasteiger partial charge in [-0.1, -0.05) is 56.7 Å². The van der Waals surface area contributed by atoms with E-state index in [1.54, 1.807) is 4.90 Å². The first-order chi connectivity index (χ1) is 15.3. The molecule has 2 aromatic rings. The third-order valence-corrected chi connectivity index (χ3v) is 6.20. The highest BCUT2D eigenvalue weighted by molar-refractivity contribution is 9.10. The summed E-state index contributed by atoms with van der Waals surface area (Å²) in [4.78, 5) is 27.9. The Balaban J connectivity index is 2.23. The van der Waals surface area contributed by atoms with E-state index in [2.05, 4.69) is 28.2 Å². The number of aryl methyl sites for hydroxylation is 2. The van der Waals surface area contributed by atoms with Crippen LogP contribution in [-0.4, -0.2) is 35.4 Å². The fourth-order valence-electron chi connectivity index (χ4n) is 3.47. The van der Waals surface area contributed by atoms with E-state index in [0.717, 1.165) is 28.4 Å². The van der Waals surface area contributed by atoms with Crippen LogP contribution in [0.25, 0.3) is 0 Å². The lowest BCUT2D eigenvalue weighted by Gasteiger charge is -2.31. The minimum Gasteiger partial charge on any atom is -0.483 e. The van der Waals surface area contributed by atoms with Crippen LogP contribution < -0.4 is 10.1 Å². The van der Waals surface area contributed by atoms with Crippen LogP contribution in [-0.2, 0) is 22.6 Å². The summed E-state index contributed by atoms with van der Waals surface area (Å²) in [5, 5.41) is 3.03. The number of nitrogens with one attached hydrogen (secondary N) is 1. The molecule has 0 aromatic heterocycles. The monoisotopic (exact) mass is 502 g/mol. The van der Waals surface area contributed by atoms with Crippen LogP contribution in [0.5, 0.6) is 5.75 Å². The van der Waals surface area contributed by atoms with Crippen LogP contribution in [0.3, 0.4) is 0 Å². The molecule has 1 N–H and O–H groups in total. The lowest BCUT2D eigenvalue weighted by Crippen LogP contribution is -2.51. The smallest absolute Gasteiger partial charge is 0.261 e. The fourth-order valence-corrected chi connectivity index (χ4v) is 4.01. The Bertz CT molecular complexity index is 916. The molecule has 2 aromatic carbocycles. The second kappa shape index (κ2) is 12.6. The van der Waals surface area contributed by atoms with Gasteiger partial charge in [-0.05, 0) is 72.3 Å². The van der Waals surface area contributed by atoms with E-state index in [1.165, 1.54) is 5.56 Å². The van der Waals surface area contributed by atoms with E-state index < -0.39 is 6.04 Å². The van der Waals surface area contributed by atoms with Gasteiger partial charge >= 0.3 is 0 Å². The summed E-state index contributed by atoms with van der Waals surface area (Å²) in [6.07, 6.45) is 2.28. The maximum atomic E-state index is 13.3. The van der Waals surface area contributed by atoms with Gasteiger partial charge < -0.3 is 15.0 Å². The van der Waals surface area contributed by atoms with Crippen molar-refractivity contribution in [2.45, 2.75) is 72.5 Å². The summed E-state index contributed by atoms with van der Waals surface area (Å²) in [5.41, 5.74) is 3.29. The molecule has 0 saturated heterocycles. The predicted molar refractivity (Wildman–Crippen MR) is 133 cm³/mol. The molecule has 0 heterocycles. The van der Waals surface area contributed by atoms with Crippen molar-refractivity contribution in [1.29, 1.82) is 0 Å². The normalized spacial score (nSPS) is 12.7. The summed E-state index contributed by atoms with van der Waals surface area (Å²) < 4.78 is 6.66. The average Bonchev–Trinajstić information content (AvgIpc) is 2.77. The number of nitrogens with zero attached hydrogens (tertiary/aromatic N) is 1. The molecule has 0 fully saturated rings. The van der Waals surface area contributed by atoms with Crippen LogP contribution in [0.15, 0.2) is 46.9 Å². The molecule has 0 saturated carbocycles. The van der Waals surface area contributed by atoms with E-state index in [-0.39, 0.29) is 24.5 Å². The van der Waals surface area contributed by atoms with Crippen molar-refractivity contribution < 1.29 is 14.3 Å². The molecular weight excluding hydrogens is 468 g/mol. The predicted octanol–water partition coefficient (Wildman–Crippen LogP) is 5.42. The molecule has 32 heavy (non-hydrogen) atoms. The van der Waals surface area contributed by atoms with Gasteiger partial charge in [0, 0.05) is 12.6 Å². The zero-order valence-corrected chi connectivity index (χ0v) is 21.4. The third kappa shape index (κ3) is 7.37. The van der Waals surface area contributed by atoms with E-state index in [0.29, 0.717) is 18.7 Å². The Kier molecular flexibility index (Phi) is 10.2. The molecule has 5 nitrogen and oxygen atoms in total. The summed E-state index contributed by atoms with van der Waals surface area (Å²) >= 11 is 3.52. The van der Waals surface area contributed by atoms with Crippen molar-refractivity contribution in [3.05, 3.63) is 63.6 Å². The maximum absolute atomic E-state index is 13.3. The number of benzene rings is 2. The molecule has 0 aliphatic rings. The molecule has 174 valence electrons. The van der Waals surface area contributed by atoms with Crippen LogP contribution in [0.1, 0.15) is 57.2 Å². The number of carbonyl (C=O) groups is 2. The van der Waals surface area contributed by atoms with E-state index in [4.69, 9.17) is 4.74 Å². The molecule has 0 spiro atoms. The van der Waals surface area contributed by atoms with Crippen molar-refractivity contribution in [3.63, 3.8) is 0 Å². The van der Waals surface area contributed by atoms with Gasteiger partial charge in [0.1, 0.15) is 11.8 Å². The summed E-state index contributed by atoms with van der Waals surface area (Å²) in [5.74, 6) is 0.267. The van der Waals surface area contributed by atoms with E-state index in [1.807, 2.05) is 70.2 Å². The van der Waals surface area contributed by atoms with Gasteiger partial charge in [-0.25, -0.2) is 0 Å². The van der Waals surface area contributed by atoms with Crippen molar-refractivity contribution in [2.75, 3.05) is 6.61 Å². The highest BCUT2D eigenvalue weighted by Crippen LogP contribution is 2.26. The highest BCUT2D eigenvalue weighted by Gasteiger charge is 2.29. The number of ether oxygens (including phenoxy) is 1. The van der Waals surface area contributed by atoms with Crippen LogP contribution >= 0.6 is 15.9 Å². The van der Waals surface area contributed by atoms with Crippen molar-refractivity contribution in [1.82, 2.24) is 10.2 Å². The van der Waals surface area contributed by atoms with E-state index in [9.17, 15) is 9.59 Å². The topological polar surface area (TPSA) is 58.6 Å². The first-order valence-corrected chi connectivity index (χ1v) is 12.1. The Hall–Kier alpha value is -2.34. The SMILES string of the molecule is CCc1ccc(OCC(=O)N(Cc2cccc(C)c2)[C@@H](CC)C(=O)N[C@H](C)CC)c(Br)c1. The van der Waals surface area contributed by atoms with Crippen molar-refractivity contribution in [3.8, 4) is 5.75 Å². The largest absolute Gasteiger partial charge is 0.483 e. The number of hydrogen-bond donors (Lipinski definition) is 1. The minimum absolute atomic E-state index is 0.0526. The molecule has 6 heteroatoms. The summed E-state index contributed by atoms with van der Waals surface area (Å²) in [6, 6.07) is 13.4. The Morgan fingerprint density at radius 2 is 1.81 bits per heavy atom. The van der Waals surface area contributed by atoms with Gasteiger partial charge in [-0.2, -0.15) is 0 Å². The third-order valence-electron chi connectivity index (χ3n) is 5.58. The molecule has 2 rings (SSSR count). The molecule has 0 aliphatic heterocycles. The quantitative estimate of drug-likeness (QED) is 0.446. The first kappa shape index (κ1) is 25.9. The second-order valence-electron chi connectivity index (χ2n) is 8.16. The standard InChI is InChI=1S/C26H35BrN2O3/c1-6-19(5)28-26(31)23(8-3)29(16-21-11-9-10-18(4)14-21)25(30)17-32-24-13-12-20(7-2)15-22(24)27/h9-15,19,23H,6-8,16-17H2,1-5H3,(H,28,31)/t19-,23+/m1/s1. The highest BCUT2D eigenvalue weighted by atomic mass is 79.9. The lowest BCUT2D eigenvalue weighted by molar-refractivity contribution is -0.143. The Morgan fingerprint density at radius 3 is 2.41 bits per heavy atom. The first-order valence-electron chi connectivity index (χ1n) is 11.4. The van der Waals surface area contributed by atoms with Crippen LogP contribution in [0.4, 0.5) is 0 Å². The molecule has 0 radical (unpaired) electrons. The fraction of sp³-hybridized carbons (Fsp3) is 0.462. The molecule has 0 bridgehead atoms. The second-order valence-corrected chi connectivity index (χ2v) is 9.01. The summed E-state index contributed by atoms with van der Waals surface area (Å²) in [7, 11) is 0. The van der Waals surface area contributed by atoms with Gasteiger partial charge in [-0.3, -0.25) is 9.59 Å². The minimum atomic E-state index is -0.563. The van der Waals surface area contributed by atoms with Crippen LogP contribution in [0, 0.1) is 6.92 Å². The molecule has 0 unspecified atom stereocenters. The van der Waals surface area contributed by atoms with E-state index >= 15 is 0 Å². The maximum Gasteiger partial charge on any atom is 0.261 e. The van der Waals surface area contributed by atoms with Crippen molar-refractivity contribution in [2.24, 2.45) is 0 Å². The summed E-state index contributed by atoms with van der Waals surface area (Å²) in [6.45, 7) is 10.2. The number of carbonyl (C=O) groups excluding carboxylic acids is 2. The molecule has 0 aliphatic carbocycles. The van der Waals surface area contributed by atoms with Gasteiger partial charge in [0.25, 0.3) is 5.91 Å². The molecule has 2 amide bonds. The number of rotatable bonds is 11. The Morgan fingerprint density at radius 1 is 1.06 bits per heavy atom. The zero-order valence-electron chi connectivity index (χ0n) is 19.8. The van der Waals surface area contributed by atoms with Gasteiger partial charge in [0.2, 0.25) is 5.91 Å². The number of amides is 2. The number of hydrogen-bond acceptors (Lipinski definition) is 3. The Labute approximate surface area is 200 Å². The van der Waals surface area contributed by atoms with Crippen molar-refractivity contribution >= 4 is 27.7 Å². The average molecular weight is 503 g/mol. The molecule has 2 atom stereocenters. The van der Waals surface area contributed by atoms with Gasteiger partial charge in [0.05, 0.1) is 4.47 Å².